The molecule has 24 aromatic carbocycles. The molecule has 6 nitrogen and oxygen atoms in total. The summed E-state index contributed by atoms with van der Waals surface area (Å²) >= 11 is 1.86. The molecule has 0 amide bonds. The van der Waals surface area contributed by atoms with Gasteiger partial charge in [-0.2, -0.15) is 0 Å². The Balaban J connectivity index is 0.000000111. The van der Waals surface area contributed by atoms with Gasteiger partial charge < -0.3 is 28.0 Å². The van der Waals surface area contributed by atoms with Gasteiger partial charge in [0, 0.05) is 76.2 Å². The lowest BCUT2D eigenvalue weighted by molar-refractivity contribution is 0.666. The van der Waals surface area contributed by atoms with Gasteiger partial charge in [0.25, 0.3) is 0 Å². The van der Waals surface area contributed by atoms with E-state index < -0.39 is 0 Å². The monoisotopic (exact) mass is 1870 g/mol. The molecule has 4 heterocycles. The maximum Gasteiger partial charge on any atom is 0.159 e. The molecule has 7 heteroatoms. The summed E-state index contributed by atoms with van der Waals surface area (Å²) in [6.45, 7) is 0. The van der Waals surface area contributed by atoms with Gasteiger partial charge in [0.05, 0.1) is 27.4 Å². The number of thiophene rings is 1. The van der Waals surface area contributed by atoms with Crippen LogP contribution in [0.5, 0.6) is 0 Å². The lowest BCUT2D eigenvalue weighted by Crippen LogP contribution is -2.10. The first-order valence-electron chi connectivity index (χ1n) is 49.3. The topological polar surface area (TPSA) is 49.1 Å². The van der Waals surface area contributed by atoms with Crippen molar-refractivity contribution in [2.24, 2.45) is 0 Å². The maximum absolute atomic E-state index is 6.59. The summed E-state index contributed by atoms with van der Waals surface area (Å²) in [4.78, 5) is 6.98. The second-order valence-corrected chi connectivity index (χ2v) is 37.9. The van der Waals surface area contributed by atoms with Crippen LogP contribution in [-0.4, -0.2) is 0 Å². The fourth-order valence-electron chi connectivity index (χ4n) is 21.1. The van der Waals surface area contributed by atoms with E-state index >= 15 is 0 Å². The minimum absolute atomic E-state index is 0.837. The molecule has 0 radical (unpaired) electrons. The molecule has 0 atom stereocenters. The number of fused-ring (bicyclic) bond motifs is 15. The third-order valence-electron chi connectivity index (χ3n) is 28.2. The van der Waals surface area contributed by atoms with E-state index in [0.717, 1.165) is 117 Å². The van der Waals surface area contributed by atoms with Crippen molar-refractivity contribution >= 4 is 181 Å². The third kappa shape index (κ3) is 16.4. The minimum atomic E-state index is 0.837. The quantitative estimate of drug-likeness (QED) is 0.0905. The molecule has 0 spiro atoms. The highest BCUT2D eigenvalue weighted by atomic mass is 32.1. The molecule has 0 bridgehead atoms. The average molecular weight is 1870 g/mol. The summed E-state index contributed by atoms with van der Waals surface area (Å²) in [6, 6.07) is 197. The summed E-state index contributed by atoms with van der Waals surface area (Å²) in [5, 5.41) is 16.7. The number of furan rings is 3. The Morgan fingerprint density at radius 2 is 0.386 bits per heavy atom. The van der Waals surface area contributed by atoms with Crippen LogP contribution in [0.2, 0.25) is 0 Å². The van der Waals surface area contributed by atoms with Crippen LogP contribution in [0.15, 0.2) is 565 Å². The Bertz CT molecular complexity index is 9190. The van der Waals surface area contributed by atoms with Crippen LogP contribution in [0.4, 0.5) is 51.2 Å². The van der Waals surface area contributed by atoms with Gasteiger partial charge in [-0.15, -0.1) is 11.3 Å². The van der Waals surface area contributed by atoms with E-state index in [1.165, 1.54) is 142 Å². The molecule has 4 aromatic heterocycles. The summed E-state index contributed by atoms with van der Waals surface area (Å²) in [5.74, 6) is 0. The average Bonchev–Trinajstić information content (AvgIpc) is 1.61. The standard InChI is InChI=1S/C46H29NO2.C46H31NO.C46H31NS/c1-2-11-31(12-3-1)35-16-8-13-32-23-24-33(29-40(32)35)30-25-27-34(28-26-30)47(41-19-9-17-38-36-14-4-6-21-43(36)48-45(38)41)42-20-10-18-39-37-15-5-7-22-44(37)49-46(39)42;2*1-3-11-32(12-4-1)33-23-27-38(28-24-33)47(44-19-10-18-42-41-16-7-8-20-45(41)48-46(42)44)39-29-25-34(26-30-39)37-22-21-36-15-9-17-40(43(36)31-37)35-13-5-2-6-14-35/h1-29H;2*1-31H. The lowest BCUT2D eigenvalue weighted by atomic mass is 9.95. The molecule has 682 valence electrons. The number of para-hydroxylation sites is 6. The fraction of sp³-hybridized carbons (Fsp3) is 0. The van der Waals surface area contributed by atoms with Crippen LogP contribution < -0.4 is 14.7 Å². The van der Waals surface area contributed by atoms with Gasteiger partial charge in [-0.25, -0.2) is 0 Å². The zero-order chi connectivity index (χ0) is 96.0. The molecular weight excluding hydrogens is 1780 g/mol. The molecule has 0 unspecified atom stereocenters. The molecule has 28 aromatic rings. The molecule has 0 aliphatic carbocycles. The van der Waals surface area contributed by atoms with Crippen molar-refractivity contribution in [3.05, 3.63) is 552 Å². The van der Waals surface area contributed by atoms with E-state index in [9.17, 15) is 0 Å². The second-order valence-electron chi connectivity index (χ2n) is 36.8. The summed E-state index contributed by atoms with van der Waals surface area (Å²) in [7, 11) is 0. The predicted molar refractivity (Wildman–Crippen MR) is 614 cm³/mol. The van der Waals surface area contributed by atoms with Gasteiger partial charge in [-0.3, -0.25) is 0 Å². The largest absolute Gasteiger partial charge is 0.454 e. The number of nitrogens with zero attached hydrogens (tertiary/aromatic N) is 3. The highest BCUT2D eigenvalue weighted by Gasteiger charge is 2.27. The molecular formula is C138H91N3O3S. The number of anilines is 9. The maximum atomic E-state index is 6.59. The van der Waals surface area contributed by atoms with Crippen LogP contribution in [-0.2, 0) is 0 Å². The molecule has 0 saturated carbocycles. The van der Waals surface area contributed by atoms with Crippen molar-refractivity contribution in [3.8, 4) is 89.0 Å². The van der Waals surface area contributed by atoms with Crippen LogP contribution in [0.25, 0.3) is 207 Å². The number of hydrogen-bond acceptors (Lipinski definition) is 7. The Labute approximate surface area is 843 Å². The molecule has 145 heavy (non-hydrogen) atoms. The Hall–Kier alpha value is -18.9. The lowest BCUT2D eigenvalue weighted by Gasteiger charge is -2.26. The fourth-order valence-corrected chi connectivity index (χ4v) is 22.3. The van der Waals surface area contributed by atoms with E-state index in [0.29, 0.717) is 0 Å². The zero-order valence-electron chi connectivity index (χ0n) is 79.0. The first-order chi connectivity index (χ1) is 71.9. The second kappa shape index (κ2) is 37.7. The Kier molecular flexibility index (Phi) is 22.5. The summed E-state index contributed by atoms with van der Waals surface area (Å²) < 4.78 is 22.3. The highest BCUT2D eigenvalue weighted by Crippen LogP contribution is 2.51. The first-order valence-corrected chi connectivity index (χ1v) is 50.1. The molecule has 28 rings (SSSR count). The number of benzene rings is 24. The van der Waals surface area contributed by atoms with Crippen LogP contribution in [0.3, 0.4) is 0 Å². The third-order valence-corrected chi connectivity index (χ3v) is 29.4. The van der Waals surface area contributed by atoms with Gasteiger partial charge in [-0.1, -0.05) is 425 Å². The Morgan fingerprint density at radius 1 is 0.145 bits per heavy atom. The van der Waals surface area contributed by atoms with Gasteiger partial charge in [-0.05, 0) is 249 Å². The minimum Gasteiger partial charge on any atom is -0.454 e. The molecule has 0 aliphatic heterocycles. The van der Waals surface area contributed by atoms with E-state index in [-0.39, 0.29) is 0 Å². The molecule has 0 saturated heterocycles. The van der Waals surface area contributed by atoms with Crippen molar-refractivity contribution in [3.63, 3.8) is 0 Å². The smallest absolute Gasteiger partial charge is 0.159 e. The van der Waals surface area contributed by atoms with Gasteiger partial charge >= 0.3 is 0 Å². The van der Waals surface area contributed by atoms with E-state index in [1.54, 1.807) is 0 Å². The van der Waals surface area contributed by atoms with Crippen molar-refractivity contribution in [2.45, 2.75) is 0 Å². The van der Waals surface area contributed by atoms with Crippen molar-refractivity contribution < 1.29 is 13.3 Å². The number of rotatable bonds is 17. The summed E-state index contributed by atoms with van der Waals surface area (Å²) in [5.41, 5.74) is 34.0. The van der Waals surface area contributed by atoms with Gasteiger partial charge in [0.1, 0.15) is 16.7 Å². The van der Waals surface area contributed by atoms with Gasteiger partial charge in [0.15, 0.2) is 16.7 Å². The van der Waals surface area contributed by atoms with E-state index in [4.69, 9.17) is 13.3 Å². The van der Waals surface area contributed by atoms with Crippen molar-refractivity contribution in [2.75, 3.05) is 14.7 Å². The van der Waals surface area contributed by atoms with E-state index in [1.807, 2.05) is 47.7 Å². The zero-order valence-corrected chi connectivity index (χ0v) is 79.8. The predicted octanol–water partition coefficient (Wildman–Crippen LogP) is 40.3. The van der Waals surface area contributed by atoms with E-state index in [2.05, 4.69) is 530 Å². The molecule has 0 fully saturated rings. The van der Waals surface area contributed by atoms with Crippen molar-refractivity contribution in [1.82, 2.24) is 0 Å². The Morgan fingerprint density at radius 3 is 0.731 bits per heavy atom. The van der Waals surface area contributed by atoms with Crippen LogP contribution >= 0.6 is 11.3 Å². The van der Waals surface area contributed by atoms with Crippen LogP contribution in [0.1, 0.15) is 0 Å². The van der Waals surface area contributed by atoms with Gasteiger partial charge in [0.2, 0.25) is 0 Å². The first kappa shape index (κ1) is 86.4. The molecule has 0 aliphatic rings. The number of hydrogen-bond donors (Lipinski definition) is 0. The SMILES string of the molecule is c1ccc(-c2ccc(N(c3ccc(-c4ccc5cccc(-c6ccccc6)c5c4)cc3)c3cccc4c3oc3ccccc34)cc2)cc1.c1ccc(-c2ccc(N(c3ccc(-c4ccc5cccc(-c6ccccc6)c5c4)cc3)c3cccc4c3sc3ccccc34)cc2)cc1.c1ccc(-c2cccc3ccc(-c4ccc(N(c5cccc6c5oc5ccccc56)c5cccc6c5oc5ccccc56)cc4)cc23)cc1. The van der Waals surface area contributed by atoms with Crippen molar-refractivity contribution in [1.29, 1.82) is 0 Å². The van der Waals surface area contributed by atoms with Crippen LogP contribution in [0, 0.1) is 0 Å². The molecule has 0 N–H and O–H groups in total. The summed E-state index contributed by atoms with van der Waals surface area (Å²) in [6.07, 6.45) is 0. The normalized spacial score (nSPS) is 11.4. The highest BCUT2D eigenvalue weighted by molar-refractivity contribution is 7.26.